The second-order valence-corrected chi connectivity index (χ2v) is 11.9. The Hall–Kier alpha value is -4.46. The molecule has 7 aromatic rings. The molecular weight excluding hydrogens is 488 g/mol. The Bertz CT molecular complexity index is 1850. The van der Waals surface area contributed by atoms with Crippen molar-refractivity contribution in [2.45, 2.75) is 11.8 Å². The predicted molar refractivity (Wildman–Crippen MR) is 165 cm³/mol. The maximum absolute atomic E-state index is 2.47. The van der Waals surface area contributed by atoms with Crippen LogP contribution in [0.3, 0.4) is 0 Å². The Morgan fingerprint density at radius 1 is 0.359 bits per heavy atom. The molecule has 0 saturated carbocycles. The largest absolute Gasteiger partial charge is 0.135 e. The van der Waals surface area contributed by atoms with Crippen LogP contribution in [-0.2, 0) is 0 Å². The highest BCUT2D eigenvalue weighted by Gasteiger charge is 2.31. The number of rotatable bonds is 2. The molecule has 1 heterocycles. The summed E-state index contributed by atoms with van der Waals surface area (Å²) < 4.78 is 2.72. The van der Waals surface area contributed by atoms with Gasteiger partial charge in [-0.1, -0.05) is 109 Å². The summed E-state index contributed by atoms with van der Waals surface area (Å²) in [5.41, 5.74) is 13.9. The highest BCUT2D eigenvalue weighted by Crippen LogP contribution is 2.51. The first-order valence-corrected chi connectivity index (χ1v) is 14.5. The lowest BCUT2D eigenvalue weighted by Crippen LogP contribution is -1.99. The molecule has 1 heteroatoms. The van der Waals surface area contributed by atoms with E-state index in [1.54, 1.807) is 0 Å². The van der Waals surface area contributed by atoms with E-state index < -0.39 is 0 Å². The average molecular weight is 513 g/mol. The van der Waals surface area contributed by atoms with Crippen LogP contribution in [0, 0.1) is 0 Å². The van der Waals surface area contributed by atoms with E-state index in [1.165, 1.54) is 75.8 Å². The van der Waals surface area contributed by atoms with Crippen LogP contribution in [0.5, 0.6) is 0 Å². The fourth-order valence-electron chi connectivity index (χ4n) is 7.20. The first-order chi connectivity index (χ1) is 19.3. The Morgan fingerprint density at radius 2 is 0.692 bits per heavy atom. The number of hydrogen-bond donors (Lipinski definition) is 0. The summed E-state index contributed by atoms with van der Waals surface area (Å²) in [7, 11) is 0. The van der Waals surface area contributed by atoms with E-state index in [1.807, 2.05) is 11.3 Å². The lowest BCUT2D eigenvalue weighted by molar-refractivity contribution is 1.02. The van der Waals surface area contributed by atoms with Crippen molar-refractivity contribution in [1.82, 2.24) is 0 Å². The van der Waals surface area contributed by atoms with Gasteiger partial charge in [0.25, 0.3) is 0 Å². The molecule has 6 aromatic carbocycles. The number of hydrogen-bond acceptors (Lipinski definition) is 1. The third kappa shape index (κ3) is 3.00. The molecule has 0 radical (unpaired) electrons. The van der Waals surface area contributed by atoms with Crippen LogP contribution >= 0.6 is 11.3 Å². The summed E-state index contributed by atoms with van der Waals surface area (Å²) in [6.07, 6.45) is 0. The van der Waals surface area contributed by atoms with Gasteiger partial charge in [0.2, 0.25) is 0 Å². The quantitative estimate of drug-likeness (QED) is 0.216. The van der Waals surface area contributed by atoms with E-state index in [0.29, 0.717) is 0 Å². The third-order valence-electron chi connectivity index (χ3n) is 8.85. The molecule has 9 rings (SSSR count). The molecule has 0 aliphatic heterocycles. The zero-order valence-electron chi connectivity index (χ0n) is 21.3. The van der Waals surface area contributed by atoms with E-state index in [2.05, 4.69) is 133 Å². The molecule has 0 bridgehead atoms. The SMILES string of the molecule is c1ccc2c(c1)-c1ccccc1C2c1ccc2sc3ccc(C4c5ccccc5-c5ccccc54)cc3c2c1. The smallest absolute Gasteiger partial charge is 0.0355 e. The van der Waals surface area contributed by atoms with Crippen molar-refractivity contribution in [3.8, 4) is 22.3 Å². The predicted octanol–water partition coefficient (Wildman–Crippen LogP) is 10.4. The maximum Gasteiger partial charge on any atom is 0.0355 e. The number of fused-ring (bicyclic) bond motifs is 9. The molecule has 0 amide bonds. The lowest BCUT2D eigenvalue weighted by Gasteiger charge is -2.15. The van der Waals surface area contributed by atoms with Crippen molar-refractivity contribution < 1.29 is 0 Å². The highest BCUT2D eigenvalue weighted by atomic mass is 32.1. The maximum atomic E-state index is 2.47. The van der Waals surface area contributed by atoms with E-state index in [4.69, 9.17) is 0 Å². The van der Waals surface area contributed by atoms with Crippen LogP contribution in [-0.4, -0.2) is 0 Å². The minimum atomic E-state index is 0.272. The summed E-state index contributed by atoms with van der Waals surface area (Å²) >= 11 is 1.91. The van der Waals surface area contributed by atoms with E-state index in [-0.39, 0.29) is 11.8 Å². The van der Waals surface area contributed by atoms with Gasteiger partial charge in [-0.3, -0.25) is 0 Å². The standard InChI is InChI=1S/C38H24S/c1-5-13-29-25(9-1)26-10-2-6-14-30(26)37(29)23-17-19-35-33(21-23)34-22-24(18-20-36(34)39-35)38-31-15-7-3-11-27(31)28-12-4-8-16-32(28)38/h1-22,37-38H. The second-order valence-electron chi connectivity index (χ2n) is 10.8. The number of benzene rings is 6. The molecule has 182 valence electrons. The van der Waals surface area contributed by atoms with E-state index in [0.717, 1.165) is 0 Å². The van der Waals surface area contributed by atoms with Gasteiger partial charge in [-0.15, -0.1) is 11.3 Å². The van der Waals surface area contributed by atoms with Gasteiger partial charge in [-0.2, -0.15) is 0 Å². The molecular formula is C38H24S. The lowest BCUT2D eigenvalue weighted by atomic mass is 9.87. The molecule has 0 N–H and O–H groups in total. The van der Waals surface area contributed by atoms with Crippen LogP contribution in [0.15, 0.2) is 133 Å². The minimum absolute atomic E-state index is 0.272. The number of thiophene rings is 1. The van der Waals surface area contributed by atoms with Crippen molar-refractivity contribution in [3.05, 3.63) is 167 Å². The zero-order valence-corrected chi connectivity index (χ0v) is 22.1. The molecule has 1 aromatic heterocycles. The molecule has 0 atom stereocenters. The fraction of sp³-hybridized carbons (Fsp3) is 0.0526. The van der Waals surface area contributed by atoms with Gasteiger partial charge in [0.15, 0.2) is 0 Å². The Labute approximate surface area is 231 Å². The van der Waals surface area contributed by atoms with Crippen LogP contribution < -0.4 is 0 Å². The van der Waals surface area contributed by atoms with E-state index in [9.17, 15) is 0 Å². The van der Waals surface area contributed by atoms with Crippen LogP contribution in [0.4, 0.5) is 0 Å². The third-order valence-corrected chi connectivity index (χ3v) is 10.0. The van der Waals surface area contributed by atoms with E-state index >= 15 is 0 Å². The second kappa shape index (κ2) is 8.02. The summed E-state index contributed by atoms with van der Waals surface area (Å²) in [5, 5.41) is 2.74. The molecule has 0 spiro atoms. The Balaban J connectivity index is 1.24. The molecule has 39 heavy (non-hydrogen) atoms. The van der Waals surface area contributed by atoms with Crippen molar-refractivity contribution in [2.24, 2.45) is 0 Å². The van der Waals surface area contributed by atoms with Crippen LogP contribution in [0.1, 0.15) is 45.2 Å². The summed E-state index contributed by atoms with van der Waals surface area (Å²) in [5.74, 6) is 0.544. The van der Waals surface area contributed by atoms with Crippen molar-refractivity contribution in [3.63, 3.8) is 0 Å². The van der Waals surface area contributed by atoms with Gasteiger partial charge >= 0.3 is 0 Å². The fourth-order valence-corrected chi connectivity index (χ4v) is 8.27. The molecule has 2 aliphatic carbocycles. The first-order valence-electron chi connectivity index (χ1n) is 13.7. The van der Waals surface area contributed by atoms with Gasteiger partial charge in [0.1, 0.15) is 0 Å². The molecule has 0 nitrogen and oxygen atoms in total. The highest BCUT2D eigenvalue weighted by molar-refractivity contribution is 7.25. The molecule has 0 saturated heterocycles. The van der Waals surface area contributed by atoms with Gasteiger partial charge in [-0.25, -0.2) is 0 Å². The minimum Gasteiger partial charge on any atom is -0.135 e. The van der Waals surface area contributed by atoms with Gasteiger partial charge in [-0.05, 0) is 79.9 Å². The summed E-state index contributed by atoms with van der Waals surface area (Å²) in [6.45, 7) is 0. The molecule has 0 unspecified atom stereocenters. The zero-order chi connectivity index (χ0) is 25.5. The normalized spacial score (nSPS) is 13.9. The van der Waals surface area contributed by atoms with Gasteiger partial charge in [0, 0.05) is 32.0 Å². The average Bonchev–Trinajstić information content (AvgIpc) is 3.64. The van der Waals surface area contributed by atoms with Crippen LogP contribution in [0.25, 0.3) is 42.4 Å². The Kier molecular flexibility index (Phi) is 4.42. The monoisotopic (exact) mass is 512 g/mol. The van der Waals surface area contributed by atoms with Crippen molar-refractivity contribution in [1.29, 1.82) is 0 Å². The van der Waals surface area contributed by atoms with Crippen molar-refractivity contribution in [2.75, 3.05) is 0 Å². The van der Waals surface area contributed by atoms with Gasteiger partial charge in [0.05, 0.1) is 0 Å². The molecule has 0 fully saturated rings. The van der Waals surface area contributed by atoms with Crippen LogP contribution in [0.2, 0.25) is 0 Å². The van der Waals surface area contributed by atoms with Gasteiger partial charge < -0.3 is 0 Å². The Morgan fingerprint density at radius 3 is 1.05 bits per heavy atom. The van der Waals surface area contributed by atoms with Crippen molar-refractivity contribution >= 4 is 31.5 Å². The summed E-state index contributed by atoms with van der Waals surface area (Å²) in [6, 6.07) is 50.0. The summed E-state index contributed by atoms with van der Waals surface area (Å²) in [4.78, 5) is 0. The first kappa shape index (κ1) is 21.5. The topological polar surface area (TPSA) is 0 Å². The molecule has 2 aliphatic rings.